The number of nitrogens with one attached hydrogen (secondary N) is 1. The molecular formula is C24H20N2O6. The van der Waals surface area contributed by atoms with Crippen LogP contribution < -0.4 is 15.7 Å². The number of benzene rings is 2. The number of hydrogen-bond donors (Lipinski definition) is 1. The molecule has 2 aromatic carbocycles. The van der Waals surface area contributed by atoms with E-state index in [0.717, 1.165) is 5.39 Å². The van der Waals surface area contributed by atoms with Gasteiger partial charge in [-0.3, -0.25) is 9.78 Å². The Hall–Kier alpha value is -4.20. The summed E-state index contributed by atoms with van der Waals surface area (Å²) in [6.45, 7) is 0. The number of hydrogen-bond acceptors (Lipinski definition) is 7. The second-order valence-corrected chi connectivity index (χ2v) is 7.09. The first-order chi connectivity index (χ1) is 15.5. The molecule has 1 atom stereocenters. The largest absolute Gasteiger partial charge is 0.497 e. The van der Waals surface area contributed by atoms with Gasteiger partial charge < -0.3 is 19.2 Å². The van der Waals surface area contributed by atoms with Gasteiger partial charge in [0.2, 0.25) is 0 Å². The van der Waals surface area contributed by atoms with Crippen molar-refractivity contribution in [1.29, 1.82) is 0 Å². The summed E-state index contributed by atoms with van der Waals surface area (Å²) in [5.74, 6) is -0.584. The van der Waals surface area contributed by atoms with Gasteiger partial charge in [-0.15, -0.1) is 0 Å². The van der Waals surface area contributed by atoms with Crippen LogP contribution in [0.25, 0.3) is 21.9 Å². The molecule has 2 heterocycles. The first kappa shape index (κ1) is 21.0. The lowest BCUT2D eigenvalue weighted by Crippen LogP contribution is -2.43. The van der Waals surface area contributed by atoms with Crippen molar-refractivity contribution in [2.75, 3.05) is 14.2 Å². The lowest BCUT2D eigenvalue weighted by Gasteiger charge is -2.18. The minimum absolute atomic E-state index is 0.0328. The zero-order valence-electron chi connectivity index (χ0n) is 17.5. The highest BCUT2D eigenvalue weighted by atomic mass is 16.5. The molecule has 0 radical (unpaired) electrons. The van der Waals surface area contributed by atoms with Crippen LogP contribution in [0, 0.1) is 0 Å². The van der Waals surface area contributed by atoms with Gasteiger partial charge in [0.15, 0.2) is 0 Å². The van der Waals surface area contributed by atoms with E-state index in [4.69, 9.17) is 13.9 Å². The maximum atomic E-state index is 13.0. The van der Waals surface area contributed by atoms with E-state index in [1.165, 1.54) is 20.3 Å². The monoisotopic (exact) mass is 432 g/mol. The first-order valence-corrected chi connectivity index (χ1v) is 9.83. The van der Waals surface area contributed by atoms with Crippen molar-refractivity contribution in [3.05, 3.63) is 82.3 Å². The third kappa shape index (κ3) is 4.15. The number of amides is 1. The number of fused-ring (bicyclic) bond motifs is 2. The molecule has 0 bridgehead atoms. The Morgan fingerprint density at radius 3 is 2.69 bits per heavy atom. The summed E-state index contributed by atoms with van der Waals surface area (Å²) >= 11 is 0. The summed E-state index contributed by atoms with van der Waals surface area (Å²) in [7, 11) is 2.75. The number of aromatic nitrogens is 1. The molecule has 1 amide bonds. The van der Waals surface area contributed by atoms with E-state index in [1.54, 1.807) is 42.6 Å². The van der Waals surface area contributed by atoms with Crippen molar-refractivity contribution in [3.63, 3.8) is 0 Å². The molecule has 0 spiro atoms. The standard InChI is InChI=1S/C24H20N2O6/c1-30-16-8-9-17-15(12-21(27)32-20(17)13-16)11-19(24(29)31-2)26-23(28)18-7-3-5-14-6-4-10-25-22(14)18/h3-10,12-13,19H,11H2,1-2H3,(H,26,28)/t19-/m0/s1. The van der Waals surface area contributed by atoms with Gasteiger partial charge in [0.25, 0.3) is 5.91 Å². The van der Waals surface area contributed by atoms with Crippen LogP contribution in [0.3, 0.4) is 0 Å². The summed E-state index contributed by atoms with van der Waals surface area (Å²) in [4.78, 5) is 41.9. The average Bonchev–Trinajstić information content (AvgIpc) is 2.82. The van der Waals surface area contributed by atoms with Crippen LogP contribution in [0.5, 0.6) is 5.75 Å². The number of para-hydroxylation sites is 1. The van der Waals surface area contributed by atoms with Gasteiger partial charge in [0.05, 0.1) is 25.3 Å². The fourth-order valence-electron chi connectivity index (χ4n) is 3.58. The maximum Gasteiger partial charge on any atom is 0.336 e. The molecule has 162 valence electrons. The van der Waals surface area contributed by atoms with Crippen molar-refractivity contribution in [3.8, 4) is 5.75 Å². The van der Waals surface area contributed by atoms with Crippen LogP contribution in [-0.4, -0.2) is 37.1 Å². The molecule has 8 nitrogen and oxygen atoms in total. The zero-order chi connectivity index (χ0) is 22.7. The number of carbonyl (C=O) groups excluding carboxylic acids is 2. The molecule has 4 aromatic rings. The molecule has 0 aliphatic heterocycles. The Morgan fingerprint density at radius 2 is 1.91 bits per heavy atom. The highest BCUT2D eigenvalue weighted by Gasteiger charge is 2.25. The average molecular weight is 432 g/mol. The molecule has 4 rings (SSSR count). The van der Waals surface area contributed by atoms with E-state index in [-0.39, 0.29) is 6.42 Å². The van der Waals surface area contributed by atoms with Gasteiger partial charge in [-0.25, -0.2) is 9.59 Å². The summed E-state index contributed by atoms with van der Waals surface area (Å²) in [6, 6.07) is 14.2. The zero-order valence-corrected chi connectivity index (χ0v) is 17.5. The quantitative estimate of drug-likeness (QED) is 0.369. The molecule has 0 aliphatic carbocycles. The number of methoxy groups -OCH3 is 2. The summed E-state index contributed by atoms with van der Waals surface area (Å²) in [5, 5.41) is 4.15. The molecule has 1 N–H and O–H groups in total. The van der Waals surface area contributed by atoms with Gasteiger partial charge in [0.1, 0.15) is 17.4 Å². The highest BCUT2D eigenvalue weighted by Crippen LogP contribution is 2.24. The second-order valence-electron chi connectivity index (χ2n) is 7.09. The minimum atomic E-state index is -1.03. The van der Waals surface area contributed by atoms with E-state index in [9.17, 15) is 14.4 Å². The second kappa shape index (κ2) is 8.89. The van der Waals surface area contributed by atoms with Crippen LogP contribution in [-0.2, 0) is 16.0 Å². The van der Waals surface area contributed by atoms with Crippen molar-refractivity contribution < 1.29 is 23.5 Å². The van der Waals surface area contributed by atoms with Crippen LogP contribution in [0.1, 0.15) is 15.9 Å². The van der Waals surface area contributed by atoms with Gasteiger partial charge in [0, 0.05) is 35.5 Å². The predicted octanol–water partition coefficient (Wildman–Crippen LogP) is 2.86. The number of rotatable bonds is 6. The van der Waals surface area contributed by atoms with E-state index in [0.29, 0.717) is 33.4 Å². The normalized spacial score (nSPS) is 11.8. The van der Waals surface area contributed by atoms with E-state index in [2.05, 4.69) is 10.3 Å². The number of nitrogens with zero attached hydrogens (tertiary/aromatic N) is 1. The van der Waals surface area contributed by atoms with Crippen LogP contribution in [0.15, 0.2) is 70.0 Å². The minimum Gasteiger partial charge on any atom is -0.497 e. The Balaban J connectivity index is 1.69. The number of ether oxygens (including phenoxy) is 2. The molecule has 0 unspecified atom stereocenters. The van der Waals surface area contributed by atoms with Crippen LogP contribution in [0.2, 0.25) is 0 Å². The third-order valence-corrected chi connectivity index (χ3v) is 5.13. The molecule has 0 aliphatic rings. The summed E-state index contributed by atoms with van der Waals surface area (Å²) in [6.07, 6.45) is 1.63. The Morgan fingerprint density at radius 1 is 1.09 bits per heavy atom. The number of esters is 1. The van der Waals surface area contributed by atoms with Gasteiger partial charge in [-0.05, 0) is 29.8 Å². The molecular weight excluding hydrogens is 412 g/mol. The van der Waals surface area contributed by atoms with Crippen molar-refractivity contribution in [2.24, 2.45) is 0 Å². The van der Waals surface area contributed by atoms with Gasteiger partial charge in [-0.2, -0.15) is 0 Å². The van der Waals surface area contributed by atoms with Gasteiger partial charge >= 0.3 is 11.6 Å². The molecule has 32 heavy (non-hydrogen) atoms. The Kier molecular flexibility index (Phi) is 5.85. The fraction of sp³-hybridized carbons (Fsp3) is 0.167. The molecule has 8 heteroatoms. The smallest absolute Gasteiger partial charge is 0.336 e. The number of pyridine rings is 1. The lowest BCUT2D eigenvalue weighted by atomic mass is 10.0. The van der Waals surface area contributed by atoms with Crippen molar-refractivity contribution in [1.82, 2.24) is 10.3 Å². The van der Waals surface area contributed by atoms with Crippen molar-refractivity contribution >= 4 is 33.7 Å². The Labute approximate surface area is 182 Å². The number of carbonyl (C=O) groups is 2. The predicted molar refractivity (Wildman–Crippen MR) is 118 cm³/mol. The van der Waals surface area contributed by atoms with Crippen molar-refractivity contribution in [2.45, 2.75) is 12.5 Å². The highest BCUT2D eigenvalue weighted by molar-refractivity contribution is 6.06. The summed E-state index contributed by atoms with van der Waals surface area (Å²) < 4.78 is 15.3. The first-order valence-electron chi connectivity index (χ1n) is 9.83. The molecule has 0 fully saturated rings. The Bertz CT molecular complexity index is 1370. The maximum absolute atomic E-state index is 13.0. The van der Waals surface area contributed by atoms with E-state index < -0.39 is 23.5 Å². The van der Waals surface area contributed by atoms with E-state index in [1.807, 2.05) is 12.1 Å². The topological polar surface area (TPSA) is 108 Å². The lowest BCUT2D eigenvalue weighted by molar-refractivity contribution is -0.142. The molecule has 0 saturated carbocycles. The summed E-state index contributed by atoms with van der Waals surface area (Å²) in [5.41, 5.74) is 1.13. The van der Waals surface area contributed by atoms with Crippen LogP contribution in [0.4, 0.5) is 0 Å². The van der Waals surface area contributed by atoms with Gasteiger partial charge in [-0.1, -0.05) is 18.2 Å². The molecule has 2 aromatic heterocycles. The molecule has 0 saturated heterocycles. The third-order valence-electron chi connectivity index (χ3n) is 5.13. The van der Waals surface area contributed by atoms with E-state index >= 15 is 0 Å². The van der Waals surface area contributed by atoms with Crippen LogP contribution >= 0.6 is 0 Å². The fourth-order valence-corrected chi connectivity index (χ4v) is 3.58. The SMILES string of the molecule is COC(=O)[C@H](Cc1cc(=O)oc2cc(OC)ccc12)NC(=O)c1cccc2cccnc12.